The van der Waals surface area contributed by atoms with Gasteiger partial charge < -0.3 is 4.98 Å². The molecular weight excluding hydrogens is 316 g/mol. The highest BCUT2D eigenvalue weighted by Gasteiger charge is 2.18. The summed E-state index contributed by atoms with van der Waals surface area (Å²) >= 11 is 5.64. The van der Waals surface area contributed by atoms with Crippen LogP contribution in [0, 0.1) is 13.8 Å². The summed E-state index contributed by atoms with van der Waals surface area (Å²) in [4.78, 5) is 13.3. The molecule has 0 atom stereocenters. The summed E-state index contributed by atoms with van der Waals surface area (Å²) in [5, 5.41) is 4.05. The van der Waals surface area contributed by atoms with Gasteiger partial charge in [-0.3, -0.25) is 9.48 Å². The predicted octanol–water partition coefficient (Wildman–Crippen LogP) is 0.857. The monoisotopic (exact) mass is 330 g/mol. The van der Waals surface area contributed by atoms with Gasteiger partial charge in [0.15, 0.2) is 0 Å². The van der Waals surface area contributed by atoms with Crippen molar-refractivity contribution in [3.8, 4) is 0 Å². The maximum Gasteiger partial charge on any atom is 0.266 e. The van der Waals surface area contributed by atoms with E-state index in [0.29, 0.717) is 0 Å². The van der Waals surface area contributed by atoms with Crippen molar-refractivity contribution in [2.45, 2.75) is 25.3 Å². The SMILES string of the molecule is Cc1nn(C)c(C)c1CNS(=O)(=O)c1c[nH]c(=O)c(Cl)c1. The van der Waals surface area contributed by atoms with Crippen molar-refractivity contribution in [3.63, 3.8) is 0 Å². The number of aromatic nitrogens is 3. The van der Waals surface area contributed by atoms with Gasteiger partial charge >= 0.3 is 0 Å². The first-order valence-corrected chi connectivity index (χ1v) is 7.95. The van der Waals surface area contributed by atoms with E-state index in [2.05, 4.69) is 14.8 Å². The van der Waals surface area contributed by atoms with E-state index in [1.807, 2.05) is 13.8 Å². The first-order valence-electron chi connectivity index (χ1n) is 6.09. The summed E-state index contributed by atoms with van der Waals surface area (Å²) in [7, 11) is -1.97. The summed E-state index contributed by atoms with van der Waals surface area (Å²) in [6, 6.07) is 1.12. The molecule has 0 unspecified atom stereocenters. The number of pyridine rings is 1. The fraction of sp³-hybridized carbons (Fsp3) is 0.333. The highest BCUT2D eigenvalue weighted by molar-refractivity contribution is 7.89. The third kappa shape index (κ3) is 3.17. The first kappa shape index (κ1) is 15.7. The van der Waals surface area contributed by atoms with Gasteiger partial charge in [0.1, 0.15) is 5.02 Å². The largest absolute Gasteiger partial charge is 0.326 e. The van der Waals surface area contributed by atoms with E-state index < -0.39 is 15.6 Å². The van der Waals surface area contributed by atoms with Gasteiger partial charge in [0.2, 0.25) is 10.0 Å². The van der Waals surface area contributed by atoms with E-state index in [1.54, 1.807) is 11.7 Å². The molecular formula is C12H15ClN4O3S. The number of aryl methyl sites for hydroxylation is 2. The lowest BCUT2D eigenvalue weighted by Gasteiger charge is -2.07. The first-order chi connectivity index (χ1) is 9.72. The molecule has 2 N–H and O–H groups in total. The van der Waals surface area contributed by atoms with Crippen molar-refractivity contribution in [3.05, 3.63) is 44.6 Å². The van der Waals surface area contributed by atoms with E-state index in [-0.39, 0.29) is 16.5 Å². The van der Waals surface area contributed by atoms with Crippen LogP contribution in [0.3, 0.4) is 0 Å². The predicted molar refractivity (Wildman–Crippen MR) is 78.8 cm³/mol. The van der Waals surface area contributed by atoms with Gasteiger partial charge in [0.05, 0.1) is 10.6 Å². The lowest BCUT2D eigenvalue weighted by Crippen LogP contribution is -2.25. The van der Waals surface area contributed by atoms with Crippen LogP contribution < -0.4 is 10.3 Å². The number of hydrogen-bond donors (Lipinski definition) is 2. The van der Waals surface area contributed by atoms with Gasteiger partial charge in [-0.25, -0.2) is 13.1 Å². The normalized spacial score (nSPS) is 11.8. The van der Waals surface area contributed by atoms with Crippen molar-refractivity contribution in [1.29, 1.82) is 0 Å². The van der Waals surface area contributed by atoms with Crippen LogP contribution in [-0.2, 0) is 23.6 Å². The lowest BCUT2D eigenvalue weighted by molar-refractivity contribution is 0.580. The van der Waals surface area contributed by atoms with Crippen LogP contribution in [0.1, 0.15) is 17.0 Å². The number of sulfonamides is 1. The van der Waals surface area contributed by atoms with Gasteiger partial charge in [-0.1, -0.05) is 11.6 Å². The Bertz CT molecular complexity index is 839. The number of halogens is 1. The summed E-state index contributed by atoms with van der Waals surface area (Å²) in [5.41, 5.74) is 1.93. The Morgan fingerprint density at radius 3 is 2.62 bits per heavy atom. The molecule has 21 heavy (non-hydrogen) atoms. The molecule has 0 saturated carbocycles. The molecule has 0 aliphatic rings. The highest BCUT2D eigenvalue weighted by Crippen LogP contribution is 2.14. The molecule has 2 aromatic heterocycles. The Kier molecular flexibility index (Phi) is 4.22. The zero-order valence-corrected chi connectivity index (χ0v) is 13.3. The second kappa shape index (κ2) is 5.63. The topological polar surface area (TPSA) is 96.8 Å². The molecule has 7 nitrogen and oxygen atoms in total. The summed E-state index contributed by atoms with van der Waals surface area (Å²) < 4.78 is 28.5. The van der Waals surface area contributed by atoms with Crippen molar-refractivity contribution < 1.29 is 8.42 Å². The van der Waals surface area contributed by atoms with E-state index in [0.717, 1.165) is 29.2 Å². The molecule has 0 aliphatic carbocycles. The fourth-order valence-electron chi connectivity index (χ4n) is 1.92. The molecule has 0 aliphatic heterocycles. The molecule has 0 amide bonds. The van der Waals surface area contributed by atoms with Gasteiger partial charge in [-0.05, 0) is 19.9 Å². The number of H-pyrrole nitrogens is 1. The molecule has 0 fully saturated rings. The fourth-order valence-corrected chi connectivity index (χ4v) is 3.14. The minimum Gasteiger partial charge on any atom is -0.326 e. The number of hydrogen-bond acceptors (Lipinski definition) is 4. The summed E-state index contributed by atoms with van der Waals surface area (Å²) in [6.07, 6.45) is 1.11. The van der Waals surface area contributed by atoms with E-state index in [9.17, 15) is 13.2 Å². The van der Waals surface area contributed by atoms with Gasteiger partial charge in [0.25, 0.3) is 5.56 Å². The third-order valence-electron chi connectivity index (χ3n) is 3.24. The molecule has 0 aromatic carbocycles. The van der Waals surface area contributed by atoms with Crippen molar-refractivity contribution >= 4 is 21.6 Å². The van der Waals surface area contributed by atoms with E-state index >= 15 is 0 Å². The lowest BCUT2D eigenvalue weighted by atomic mass is 10.2. The molecule has 2 rings (SSSR count). The number of nitrogens with zero attached hydrogens (tertiary/aromatic N) is 2. The van der Waals surface area contributed by atoms with Crippen LogP contribution in [0.25, 0.3) is 0 Å². The standard InChI is InChI=1S/C12H15ClN4O3S/c1-7-10(8(2)17(3)16-7)6-15-21(19,20)9-4-11(13)12(18)14-5-9/h4-5,15H,6H2,1-3H3,(H,14,18). The maximum atomic E-state index is 12.2. The highest BCUT2D eigenvalue weighted by atomic mass is 35.5. The zero-order chi connectivity index (χ0) is 15.8. The Labute approximate surface area is 127 Å². The van der Waals surface area contributed by atoms with E-state index in [1.165, 1.54) is 0 Å². The zero-order valence-electron chi connectivity index (χ0n) is 11.8. The maximum absolute atomic E-state index is 12.2. The third-order valence-corrected chi connectivity index (χ3v) is 4.90. The quantitative estimate of drug-likeness (QED) is 0.868. The van der Waals surface area contributed by atoms with Crippen molar-refractivity contribution in [2.24, 2.45) is 7.05 Å². The molecule has 0 bridgehead atoms. The van der Waals surface area contributed by atoms with Crippen LogP contribution >= 0.6 is 11.6 Å². The average molecular weight is 331 g/mol. The molecule has 9 heteroatoms. The second-order valence-electron chi connectivity index (χ2n) is 4.61. The van der Waals surface area contributed by atoms with Gasteiger partial charge in [-0.15, -0.1) is 0 Å². The van der Waals surface area contributed by atoms with E-state index in [4.69, 9.17) is 11.6 Å². The number of aromatic amines is 1. The van der Waals surface area contributed by atoms with Crippen LogP contribution in [0.4, 0.5) is 0 Å². The Morgan fingerprint density at radius 2 is 2.10 bits per heavy atom. The van der Waals surface area contributed by atoms with Crippen molar-refractivity contribution in [2.75, 3.05) is 0 Å². The minimum atomic E-state index is -3.76. The number of nitrogens with one attached hydrogen (secondary N) is 2. The molecule has 2 heterocycles. The molecule has 0 saturated heterocycles. The Balaban J connectivity index is 2.25. The molecule has 0 spiro atoms. The van der Waals surface area contributed by atoms with Crippen LogP contribution in [-0.4, -0.2) is 23.2 Å². The van der Waals surface area contributed by atoms with Crippen molar-refractivity contribution in [1.82, 2.24) is 19.5 Å². The minimum absolute atomic E-state index is 0.0914. The van der Waals surface area contributed by atoms with Crippen LogP contribution in [0.15, 0.2) is 22.0 Å². The molecule has 0 radical (unpaired) electrons. The Morgan fingerprint density at radius 1 is 1.43 bits per heavy atom. The second-order valence-corrected chi connectivity index (χ2v) is 6.78. The van der Waals surface area contributed by atoms with Crippen LogP contribution in [0.2, 0.25) is 5.02 Å². The molecule has 114 valence electrons. The summed E-state index contributed by atoms with van der Waals surface area (Å²) in [5.74, 6) is 0. The average Bonchev–Trinajstić information content (AvgIpc) is 2.64. The Hall–Kier alpha value is -1.64. The number of rotatable bonds is 4. The molecule has 2 aromatic rings. The van der Waals surface area contributed by atoms with Gasteiger partial charge in [-0.2, -0.15) is 5.10 Å². The van der Waals surface area contributed by atoms with Crippen LogP contribution in [0.5, 0.6) is 0 Å². The smallest absolute Gasteiger partial charge is 0.266 e. The van der Waals surface area contributed by atoms with Gasteiger partial charge in [0, 0.05) is 31.0 Å². The summed E-state index contributed by atoms with van der Waals surface area (Å²) in [6.45, 7) is 3.79.